The number of nitrogens with one attached hydrogen (secondary N) is 2. The third kappa shape index (κ3) is 4.45. The monoisotopic (exact) mass is 335 g/mol. The molecule has 1 amide bonds. The molecule has 6 heteroatoms. The molecule has 0 saturated carbocycles. The maximum absolute atomic E-state index is 12.3. The minimum absolute atomic E-state index is 0.0177. The number of aromatic amines is 1. The summed E-state index contributed by atoms with van der Waals surface area (Å²) in [6.07, 6.45) is 1.42. The zero-order valence-electron chi connectivity index (χ0n) is 15.4. The van der Waals surface area contributed by atoms with Gasteiger partial charge in [-0.3, -0.25) is 14.5 Å². The molecular weight excluding hydrogens is 306 g/mol. The number of morpholine rings is 1. The van der Waals surface area contributed by atoms with Crippen LogP contribution < -0.4 is 5.32 Å². The van der Waals surface area contributed by atoms with Crippen LogP contribution in [0.25, 0.3) is 0 Å². The number of Topliss-reactive ketones (excluding diaryl/α,β-unsaturated/α-hetero) is 1. The number of carbonyl (C=O) groups excluding carboxylic acids is 2. The summed E-state index contributed by atoms with van der Waals surface area (Å²) in [6.45, 7) is 12.8. The lowest BCUT2D eigenvalue weighted by molar-refractivity contribution is -0.0680. The molecule has 0 radical (unpaired) electrons. The molecule has 2 N–H and O–H groups in total. The number of carbonyl (C=O) groups is 2. The van der Waals surface area contributed by atoms with Crippen molar-refractivity contribution in [2.45, 2.75) is 53.2 Å². The van der Waals surface area contributed by atoms with Gasteiger partial charge in [0, 0.05) is 37.4 Å². The molecule has 0 aromatic carbocycles. The first-order chi connectivity index (χ1) is 11.3. The van der Waals surface area contributed by atoms with E-state index in [4.69, 9.17) is 4.74 Å². The second-order valence-corrected chi connectivity index (χ2v) is 6.81. The van der Waals surface area contributed by atoms with Gasteiger partial charge in [-0.05, 0) is 46.6 Å². The van der Waals surface area contributed by atoms with Crippen molar-refractivity contribution in [2.75, 3.05) is 26.2 Å². The molecule has 0 bridgehead atoms. The minimum atomic E-state index is -0.146. The van der Waals surface area contributed by atoms with Crippen LogP contribution in [0.3, 0.4) is 0 Å². The molecule has 6 nitrogen and oxygen atoms in total. The molecule has 2 atom stereocenters. The van der Waals surface area contributed by atoms with Crippen LogP contribution in [0.2, 0.25) is 0 Å². The van der Waals surface area contributed by atoms with Gasteiger partial charge in [-0.25, -0.2) is 0 Å². The van der Waals surface area contributed by atoms with Crippen LogP contribution in [-0.2, 0) is 4.74 Å². The highest BCUT2D eigenvalue weighted by Gasteiger charge is 2.22. The SMILES string of the molecule is CC(=O)c1c(C)[nH]c(C(=O)NCCCN2C[C@@H](C)O[C@@H](C)C2)c1C. The summed E-state index contributed by atoms with van der Waals surface area (Å²) in [5.41, 5.74) is 2.59. The lowest BCUT2D eigenvalue weighted by atomic mass is 10.1. The van der Waals surface area contributed by atoms with E-state index in [2.05, 4.69) is 29.0 Å². The van der Waals surface area contributed by atoms with Gasteiger partial charge in [0.2, 0.25) is 0 Å². The van der Waals surface area contributed by atoms with Crippen molar-refractivity contribution in [3.63, 3.8) is 0 Å². The van der Waals surface area contributed by atoms with E-state index in [1.807, 2.05) is 13.8 Å². The topological polar surface area (TPSA) is 74.4 Å². The van der Waals surface area contributed by atoms with E-state index in [-0.39, 0.29) is 23.9 Å². The van der Waals surface area contributed by atoms with Crippen molar-refractivity contribution in [3.8, 4) is 0 Å². The largest absolute Gasteiger partial charge is 0.373 e. The maximum atomic E-state index is 12.3. The van der Waals surface area contributed by atoms with E-state index in [0.29, 0.717) is 17.8 Å². The lowest BCUT2D eigenvalue weighted by Crippen LogP contribution is -2.46. The third-order valence-corrected chi connectivity index (χ3v) is 4.45. The fraction of sp³-hybridized carbons (Fsp3) is 0.667. The Labute approximate surface area is 143 Å². The Balaban J connectivity index is 1.82. The number of amides is 1. The Bertz CT molecular complexity index is 599. The van der Waals surface area contributed by atoms with Crippen LogP contribution in [0.4, 0.5) is 0 Å². The highest BCUT2D eigenvalue weighted by molar-refractivity contribution is 6.02. The normalized spacial score (nSPS) is 21.7. The maximum Gasteiger partial charge on any atom is 0.268 e. The average Bonchev–Trinajstić information content (AvgIpc) is 2.77. The summed E-state index contributed by atoms with van der Waals surface area (Å²) in [5, 5.41) is 2.94. The summed E-state index contributed by atoms with van der Waals surface area (Å²) in [7, 11) is 0. The zero-order chi connectivity index (χ0) is 17.9. The number of hydrogen-bond donors (Lipinski definition) is 2. The molecule has 1 aliphatic heterocycles. The number of rotatable bonds is 6. The molecule has 24 heavy (non-hydrogen) atoms. The number of ketones is 1. The lowest BCUT2D eigenvalue weighted by Gasteiger charge is -2.35. The smallest absolute Gasteiger partial charge is 0.268 e. The van der Waals surface area contributed by atoms with Crippen molar-refractivity contribution < 1.29 is 14.3 Å². The summed E-state index contributed by atoms with van der Waals surface area (Å²) in [6, 6.07) is 0. The fourth-order valence-electron chi connectivity index (χ4n) is 3.57. The van der Waals surface area contributed by atoms with E-state index in [1.54, 1.807) is 0 Å². The van der Waals surface area contributed by atoms with Gasteiger partial charge < -0.3 is 15.0 Å². The Morgan fingerprint density at radius 3 is 2.42 bits per heavy atom. The van der Waals surface area contributed by atoms with Crippen molar-refractivity contribution in [1.82, 2.24) is 15.2 Å². The van der Waals surface area contributed by atoms with Crippen molar-refractivity contribution in [2.24, 2.45) is 0 Å². The summed E-state index contributed by atoms with van der Waals surface area (Å²) in [4.78, 5) is 29.4. The van der Waals surface area contributed by atoms with Gasteiger partial charge in [0.05, 0.1) is 12.2 Å². The average molecular weight is 335 g/mol. The van der Waals surface area contributed by atoms with Crippen molar-refractivity contribution in [3.05, 3.63) is 22.5 Å². The van der Waals surface area contributed by atoms with E-state index in [1.165, 1.54) is 6.92 Å². The van der Waals surface area contributed by atoms with Gasteiger partial charge in [-0.15, -0.1) is 0 Å². The quantitative estimate of drug-likeness (QED) is 0.616. The van der Waals surface area contributed by atoms with E-state index in [0.717, 1.165) is 37.3 Å². The van der Waals surface area contributed by atoms with E-state index < -0.39 is 0 Å². The van der Waals surface area contributed by atoms with E-state index in [9.17, 15) is 9.59 Å². The molecule has 1 aromatic rings. The molecule has 134 valence electrons. The van der Waals surface area contributed by atoms with Gasteiger partial charge in [0.15, 0.2) is 5.78 Å². The molecule has 1 aliphatic rings. The summed E-state index contributed by atoms with van der Waals surface area (Å²) >= 11 is 0. The summed E-state index contributed by atoms with van der Waals surface area (Å²) < 4.78 is 5.72. The Morgan fingerprint density at radius 2 is 1.88 bits per heavy atom. The molecular formula is C18H29N3O3. The second-order valence-electron chi connectivity index (χ2n) is 6.81. The Hall–Kier alpha value is -1.66. The molecule has 1 aromatic heterocycles. The van der Waals surface area contributed by atoms with E-state index >= 15 is 0 Å². The van der Waals surface area contributed by atoms with Crippen molar-refractivity contribution >= 4 is 11.7 Å². The Morgan fingerprint density at radius 1 is 1.25 bits per heavy atom. The number of nitrogens with zero attached hydrogens (tertiary/aromatic N) is 1. The van der Waals surface area contributed by atoms with Gasteiger partial charge in [0.25, 0.3) is 5.91 Å². The second kappa shape index (κ2) is 7.94. The molecule has 0 spiro atoms. The fourth-order valence-corrected chi connectivity index (χ4v) is 3.57. The van der Waals surface area contributed by atoms with Crippen LogP contribution in [0.1, 0.15) is 59.3 Å². The highest BCUT2D eigenvalue weighted by atomic mass is 16.5. The van der Waals surface area contributed by atoms with Gasteiger partial charge >= 0.3 is 0 Å². The molecule has 1 saturated heterocycles. The number of aromatic nitrogens is 1. The number of hydrogen-bond acceptors (Lipinski definition) is 4. The first kappa shape index (κ1) is 18.7. The van der Waals surface area contributed by atoms with Crippen LogP contribution in [0.5, 0.6) is 0 Å². The number of ether oxygens (including phenoxy) is 1. The van der Waals surface area contributed by atoms with Crippen LogP contribution in [0.15, 0.2) is 0 Å². The molecule has 2 rings (SSSR count). The van der Waals surface area contributed by atoms with Gasteiger partial charge in [-0.2, -0.15) is 0 Å². The standard InChI is InChI=1S/C18H29N3O3/c1-11-9-21(10-12(2)24-11)8-6-7-19-18(23)17-13(3)16(15(5)22)14(4)20-17/h11-12,20H,6-10H2,1-5H3,(H,19,23)/t11-,12+. The highest BCUT2D eigenvalue weighted by Crippen LogP contribution is 2.18. The Kier molecular flexibility index (Phi) is 6.18. The molecule has 2 heterocycles. The van der Waals surface area contributed by atoms with Gasteiger partial charge in [0.1, 0.15) is 5.69 Å². The molecule has 1 fully saturated rings. The third-order valence-electron chi connectivity index (χ3n) is 4.45. The van der Waals surface area contributed by atoms with Crippen LogP contribution in [-0.4, -0.2) is 60.0 Å². The first-order valence-corrected chi connectivity index (χ1v) is 8.65. The summed E-state index contributed by atoms with van der Waals surface area (Å²) in [5.74, 6) is -0.164. The first-order valence-electron chi connectivity index (χ1n) is 8.65. The number of aryl methyl sites for hydroxylation is 1. The minimum Gasteiger partial charge on any atom is -0.373 e. The zero-order valence-corrected chi connectivity index (χ0v) is 15.4. The molecule has 0 aliphatic carbocycles. The predicted molar refractivity (Wildman–Crippen MR) is 93.7 cm³/mol. The van der Waals surface area contributed by atoms with Crippen LogP contribution in [0, 0.1) is 13.8 Å². The number of H-pyrrole nitrogens is 1. The molecule has 0 unspecified atom stereocenters. The van der Waals surface area contributed by atoms with Gasteiger partial charge in [-0.1, -0.05) is 0 Å². The van der Waals surface area contributed by atoms with Crippen molar-refractivity contribution in [1.29, 1.82) is 0 Å². The van der Waals surface area contributed by atoms with Crippen LogP contribution >= 0.6 is 0 Å². The predicted octanol–water partition coefficient (Wildman–Crippen LogP) is 2.06.